The van der Waals surface area contributed by atoms with Crippen LogP contribution in [0.1, 0.15) is 150 Å². The molecule has 0 heterocycles. The van der Waals surface area contributed by atoms with E-state index in [0.717, 1.165) is 32.3 Å². The molecule has 4 nitrogen and oxygen atoms in total. The Morgan fingerprint density at radius 3 is 1.26 bits per heavy atom. The molecule has 0 aliphatic heterocycles. The summed E-state index contributed by atoms with van der Waals surface area (Å²) in [6.07, 6.45) is 24.9. The average Bonchev–Trinajstić information content (AvgIpc) is 2.83. The Kier molecular flexibility index (Phi) is 25.0. The molecule has 0 spiro atoms. The van der Waals surface area contributed by atoms with Crippen LogP contribution in [0.3, 0.4) is 0 Å². The topological polar surface area (TPSA) is 44.8 Å². The molecule has 0 N–H and O–H groups in total. The molecule has 0 radical (unpaired) electrons. The third-order valence-corrected chi connectivity index (χ3v) is 6.87. The summed E-state index contributed by atoms with van der Waals surface area (Å²) in [5.41, 5.74) is -0.375. The molecule has 34 heavy (non-hydrogen) atoms. The maximum absolute atomic E-state index is 11.9. The average molecular weight is 485 g/mol. The second-order valence-corrected chi connectivity index (χ2v) is 10.6. The highest BCUT2D eigenvalue weighted by molar-refractivity contribution is 5.75. The van der Waals surface area contributed by atoms with Crippen LogP contribution < -0.4 is 0 Å². The molecule has 0 amide bonds. The van der Waals surface area contributed by atoms with Crippen molar-refractivity contribution in [1.82, 2.24) is 0 Å². The van der Waals surface area contributed by atoms with Crippen molar-refractivity contribution in [3.63, 3.8) is 0 Å². The second-order valence-electron chi connectivity index (χ2n) is 10.6. The monoisotopic (exact) mass is 484 g/mol. The Morgan fingerprint density at radius 1 is 0.500 bits per heavy atom. The molecular formula is C30H60O4. The van der Waals surface area contributed by atoms with Gasteiger partial charge in [-0.05, 0) is 39.5 Å². The van der Waals surface area contributed by atoms with Crippen LogP contribution >= 0.6 is 0 Å². The fourth-order valence-corrected chi connectivity index (χ4v) is 3.88. The first kappa shape index (κ1) is 33.4. The van der Waals surface area contributed by atoms with Crippen LogP contribution in [0.25, 0.3) is 0 Å². The van der Waals surface area contributed by atoms with E-state index < -0.39 is 0 Å². The van der Waals surface area contributed by atoms with Crippen molar-refractivity contribution in [2.45, 2.75) is 150 Å². The fraction of sp³-hybridized carbons (Fsp3) is 0.967. The van der Waals surface area contributed by atoms with E-state index in [9.17, 15) is 4.79 Å². The van der Waals surface area contributed by atoms with Gasteiger partial charge in [-0.15, -0.1) is 0 Å². The zero-order chi connectivity index (χ0) is 25.2. The van der Waals surface area contributed by atoms with Crippen molar-refractivity contribution >= 4 is 5.97 Å². The van der Waals surface area contributed by atoms with Crippen LogP contribution in [0.15, 0.2) is 0 Å². The van der Waals surface area contributed by atoms with E-state index in [1.54, 1.807) is 0 Å². The third-order valence-electron chi connectivity index (χ3n) is 6.87. The molecule has 0 aromatic heterocycles. The Hall–Kier alpha value is -0.610. The lowest BCUT2D eigenvalue weighted by Crippen LogP contribution is -2.26. The highest BCUT2D eigenvalue weighted by Gasteiger charge is 2.26. The van der Waals surface area contributed by atoms with Gasteiger partial charge in [0.25, 0.3) is 0 Å². The Morgan fingerprint density at radius 2 is 0.853 bits per heavy atom. The van der Waals surface area contributed by atoms with E-state index in [4.69, 9.17) is 14.2 Å². The fourth-order valence-electron chi connectivity index (χ4n) is 3.88. The molecule has 0 aromatic rings. The minimum atomic E-state index is -0.375. The molecule has 0 aliphatic carbocycles. The quantitative estimate of drug-likeness (QED) is 0.0861. The van der Waals surface area contributed by atoms with Crippen LogP contribution in [0.5, 0.6) is 0 Å². The first-order valence-corrected chi connectivity index (χ1v) is 14.9. The smallest absolute Gasteiger partial charge is 0.311 e. The number of unbranched alkanes of at least 4 members (excludes halogenated alkanes) is 16. The second kappa shape index (κ2) is 25.5. The molecule has 0 atom stereocenters. The maximum atomic E-state index is 11.9. The lowest BCUT2D eigenvalue weighted by Gasteiger charge is -2.20. The summed E-state index contributed by atoms with van der Waals surface area (Å²) >= 11 is 0. The van der Waals surface area contributed by atoms with E-state index in [2.05, 4.69) is 6.92 Å². The molecule has 4 heteroatoms. The van der Waals surface area contributed by atoms with Crippen LogP contribution in [-0.4, -0.2) is 39.0 Å². The molecule has 0 fully saturated rings. The minimum absolute atomic E-state index is 0.0987. The molecule has 0 aromatic carbocycles. The third kappa shape index (κ3) is 23.1. The maximum Gasteiger partial charge on any atom is 0.311 e. The van der Waals surface area contributed by atoms with Gasteiger partial charge in [-0.3, -0.25) is 4.79 Å². The van der Waals surface area contributed by atoms with Crippen molar-refractivity contribution in [1.29, 1.82) is 0 Å². The number of ether oxygens (including phenoxy) is 3. The van der Waals surface area contributed by atoms with Crippen LogP contribution in [-0.2, 0) is 19.0 Å². The van der Waals surface area contributed by atoms with Crippen molar-refractivity contribution in [2.75, 3.05) is 33.0 Å². The Labute approximate surface area is 213 Å². The number of carbonyl (C=O) groups excluding carboxylic acids is 1. The molecule has 0 rings (SSSR count). The van der Waals surface area contributed by atoms with Gasteiger partial charge in [0.1, 0.15) is 0 Å². The summed E-state index contributed by atoms with van der Waals surface area (Å²) in [5, 5.41) is 0. The highest BCUT2D eigenvalue weighted by atomic mass is 16.5. The zero-order valence-corrected chi connectivity index (χ0v) is 23.6. The number of carbonyl (C=O) groups is 1. The van der Waals surface area contributed by atoms with Crippen molar-refractivity contribution < 1.29 is 19.0 Å². The summed E-state index contributed by atoms with van der Waals surface area (Å²) < 4.78 is 16.6. The largest absolute Gasteiger partial charge is 0.465 e. The van der Waals surface area contributed by atoms with Crippen molar-refractivity contribution in [2.24, 2.45) is 5.41 Å². The highest BCUT2D eigenvalue weighted by Crippen LogP contribution is 2.21. The van der Waals surface area contributed by atoms with Gasteiger partial charge in [-0.25, -0.2) is 0 Å². The number of esters is 1. The molecule has 0 saturated heterocycles. The van der Waals surface area contributed by atoms with Crippen molar-refractivity contribution in [3.05, 3.63) is 0 Å². The van der Waals surface area contributed by atoms with E-state index in [1.165, 1.54) is 96.3 Å². The van der Waals surface area contributed by atoms with Gasteiger partial charge in [0.2, 0.25) is 0 Å². The van der Waals surface area contributed by atoms with E-state index >= 15 is 0 Å². The molecule has 204 valence electrons. The van der Waals surface area contributed by atoms with Gasteiger partial charge in [0.15, 0.2) is 0 Å². The van der Waals surface area contributed by atoms with Crippen molar-refractivity contribution in [3.8, 4) is 0 Å². The first-order valence-electron chi connectivity index (χ1n) is 14.9. The summed E-state index contributed by atoms with van der Waals surface area (Å²) in [4.78, 5) is 11.9. The van der Waals surface area contributed by atoms with Gasteiger partial charge >= 0.3 is 5.97 Å². The van der Waals surface area contributed by atoms with Crippen LogP contribution in [0, 0.1) is 5.41 Å². The number of hydrogen-bond acceptors (Lipinski definition) is 4. The SMILES string of the molecule is CCCCCCCCCCCCCCCCCCOCCOCCCCOC(=O)C(C)(C)CC. The van der Waals surface area contributed by atoms with E-state index in [1.807, 2.05) is 20.8 Å². The standard InChI is InChI=1S/C30H60O4/c1-5-7-8-9-10-11-12-13-14-15-16-17-18-19-20-21-24-32-27-28-33-25-22-23-26-34-29(31)30(3,4)6-2/h5-28H2,1-4H3. The van der Waals surface area contributed by atoms with Crippen LogP contribution in [0.2, 0.25) is 0 Å². The zero-order valence-electron chi connectivity index (χ0n) is 23.6. The van der Waals surface area contributed by atoms with E-state index in [-0.39, 0.29) is 11.4 Å². The molecule has 0 unspecified atom stereocenters. The molecule has 0 aliphatic rings. The summed E-state index contributed by atoms with van der Waals surface area (Å²) in [6.45, 7) is 11.5. The lowest BCUT2D eigenvalue weighted by atomic mass is 9.91. The van der Waals surface area contributed by atoms with Gasteiger partial charge in [-0.2, -0.15) is 0 Å². The summed E-state index contributed by atoms with van der Waals surface area (Å²) in [5.74, 6) is -0.0987. The number of hydrogen-bond donors (Lipinski definition) is 0. The van der Waals surface area contributed by atoms with E-state index in [0.29, 0.717) is 26.4 Å². The summed E-state index contributed by atoms with van der Waals surface area (Å²) in [7, 11) is 0. The molecule has 0 saturated carbocycles. The minimum Gasteiger partial charge on any atom is -0.465 e. The predicted octanol–water partition coefficient (Wildman–Crippen LogP) is 9.04. The predicted molar refractivity (Wildman–Crippen MR) is 145 cm³/mol. The van der Waals surface area contributed by atoms with Crippen LogP contribution in [0.4, 0.5) is 0 Å². The molecular weight excluding hydrogens is 424 g/mol. The Balaban J connectivity index is 3.12. The van der Waals surface area contributed by atoms with Gasteiger partial charge in [0.05, 0.1) is 25.2 Å². The Bertz CT molecular complexity index is 422. The summed E-state index contributed by atoms with van der Waals surface area (Å²) in [6, 6.07) is 0. The normalized spacial score (nSPS) is 11.8. The molecule has 0 bridgehead atoms. The van der Waals surface area contributed by atoms with Gasteiger partial charge < -0.3 is 14.2 Å². The van der Waals surface area contributed by atoms with Gasteiger partial charge in [0, 0.05) is 13.2 Å². The van der Waals surface area contributed by atoms with Gasteiger partial charge in [-0.1, -0.05) is 110 Å². The number of rotatable bonds is 27. The lowest BCUT2D eigenvalue weighted by molar-refractivity contribution is -0.154. The first-order chi connectivity index (χ1) is 16.5.